The number of nitrogens with zero attached hydrogens (tertiary/aromatic N) is 6. The number of hydrazone groups is 1. The number of benzene rings is 3. The molecule has 1 aliphatic rings. The third-order valence-electron chi connectivity index (χ3n) is 6.86. The second kappa shape index (κ2) is 12.8. The first-order valence-corrected chi connectivity index (χ1v) is 16.0. The first kappa shape index (κ1) is 28.7. The van der Waals surface area contributed by atoms with Crippen molar-refractivity contribution >= 4 is 33.4 Å². The normalized spacial score (nSPS) is 13.5. The van der Waals surface area contributed by atoms with Gasteiger partial charge in [-0.1, -0.05) is 98.4 Å². The third-order valence-corrected chi connectivity index (χ3v) is 9.85. The molecule has 5 rings (SSSR count). The number of carbonyl (C=O) groups excluding carboxylic acids is 1. The molecule has 11 heteroatoms. The predicted molar refractivity (Wildman–Crippen MR) is 161 cm³/mol. The highest BCUT2D eigenvalue weighted by molar-refractivity contribution is 7.99. The van der Waals surface area contributed by atoms with Gasteiger partial charge in [-0.2, -0.15) is 9.41 Å². The highest BCUT2D eigenvalue weighted by atomic mass is 32.2. The number of rotatable bonds is 11. The summed E-state index contributed by atoms with van der Waals surface area (Å²) in [5.74, 6) is 0.574. The lowest BCUT2D eigenvalue weighted by atomic mass is 10.1. The maximum absolute atomic E-state index is 13.2. The van der Waals surface area contributed by atoms with E-state index in [4.69, 9.17) is 0 Å². The molecule has 2 heterocycles. The first-order chi connectivity index (χ1) is 19.9. The van der Waals surface area contributed by atoms with Gasteiger partial charge >= 0.3 is 0 Å². The number of hydrogen-bond acceptors (Lipinski definition) is 7. The van der Waals surface area contributed by atoms with Crippen LogP contribution in [-0.2, 0) is 21.4 Å². The zero-order valence-corrected chi connectivity index (χ0v) is 24.7. The molecule has 0 unspecified atom stereocenters. The van der Waals surface area contributed by atoms with E-state index < -0.39 is 10.0 Å². The third kappa shape index (κ3) is 6.42. The zero-order chi connectivity index (χ0) is 28.8. The van der Waals surface area contributed by atoms with Crippen molar-refractivity contribution < 1.29 is 13.2 Å². The molecule has 0 atom stereocenters. The molecule has 4 aromatic rings. The topological polar surface area (TPSA) is 101 Å². The Balaban J connectivity index is 1.41. The Morgan fingerprint density at radius 1 is 0.902 bits per heavy atom. The molecule has 1 aromatic heterocycles. The van der Waals surface area contributed by atoms with Crippen LogP contribution in [-0.4, -0.2) is 69.5 Å². The van der Waals surface area contributed by atoms with Crippen LogP contribution in [0.5, 0.6) is 0 Å². The van der Waals surface area contributed by atoms with E-state index in [2.05, 4.69) is 15.3 Å². The molecule has 0 fully saturated rings. The van der Waals surface area contributed by atoms with Crippen molar-refractivity contribution in [2.45, 2.75) is 36.9 Å². The van der Waals surface area contributed by atoms with E-state index in [9.17, 15) is 13.2 Å². The monoisotopic (exact) mass is 588 g/mol. The lowest BCUT2D eigenvalue weighted by Crippen LogP contribution is -2.30. The molecule has 9 nitrogen and oxygen atoms in total. The van der Waals surface area contributed by atoms with Gasteiger partial charge in [0.15, 0.2) is 11.0 Å². The molecule has 0 spiro atoms. The van der Waals surface area contributed by atoms with Gasteiger partial charge in [-0.05, 0) is 23.3 Å². The number of amides is 1. The number of hydrogen-bond donors (Lipinski definition) is 0. The molecule has 0 aliphatic carbocycles. The summed E-state index contributed by atoms with van der Waals surface area (Å²) in [6, 6.07) is 26.6. The smallest absolute Gasteiger partial charge is 0.253 e. The molecule has 1 amide bonds. The summed E-state index contributed by atoms with van der Waals surface area (Å²) in [4.78, 5) is 13.3. The number of aromatic nitrogens is 3. The van der Waals surface area contributed by atoms with Crippen molar-refractivity contribution in [1.29, 1.82) is 0 Å². The Morgan fingerprint density at radius 2 is 1.59 bits per heavy atom. The maximum atomic E-state index is 13.2. The maximum Gasteiger partial charge on any atom is 0.253 e. The van der Waals surface area contributed by atoms with Crippen LogP contribution < -0.4 is 0 Å². The molecular formula is C30H32N6O3S2. The quantitative estimate of drug-likeness (QED) is 0.235. The van der Waals surface area contributed by atoms with Crippen LogP contribution in [0.2, 0.25) is 0 Å². The number of thioether (sulfide) groups is 1. The van der Waals surface area contributed by atoms with Gasteiger partial charge in [0.2, 0.25) is 10.0 Å². The highest BCUT2D eigenvalue weighted by Gasteiger charge is 2.25. The Labute approximate surface area is 245 Å². The fourth-order valence-electron chi connectivity index (χ4n) is 4.70. The molecule has 41 heavy (non-hydrogen) atoms. The van der Waals surface area contributed by atoms with Crippen LogP contribution in [0.1, 0.15) is 31.4 Å². The highest BCUT2D eigenvalue weighted by Crippen LogP contribution is 2.28. The van der Waals surface area contributed by atoms with E-state index in [1.54, 1.807) is 18.2 Å². The molecule has 0 radical (unpaired) electrons. The van der Waals surface area contributed by atoms with Crippen molar-refractivity contribution in [1.82, 2.24) is 24.1 Å². The van der Waals surface area contributed by atoms with E-state index in [1.165, 1.54) is 21.1 Å². The average Bonchev–Trinajstić information content (AvgIpc) is 3.65. The Morgan fingerprint density at radius 3 is 2.29 bits per heavy atom. The number of sulfonamides is 1. The molecule has 0 saturated carbocycles. The molecule has 0 N–H and O–H groups in total. The van der Waals surface area contributed by atoms with Crippen molar-refractivity contribution in [3.8, 4) is 11.4 Å². The lowest BCUT2D eigenvalue weighted by Gasteiger charge is -2.19. The van der Waals surface area contributed by atoms with E-state index in [0.717, 1.165) is 16.8 Å². The van der Waals surface area contributed by atoms with Crippen LogP contribution in [0.15, 0.2) is 100 Å². The van der Waals surface area contributed by atoms with E-state index >= 15 is 0 Å². The van der Waals surface area contributed by atoms with Gasteiger partial charge in [-0.25, -0.2) is 13.4 Å². The Hall–Kier alpha value is -3.80. The van der Waals surface area contributed by atoms with E-state index in [0.29, 0.717) is 49.1 Å². The summed E-state index contributed by atoms with van der Waals surface area (Å²) in [5.41, 5.74) is 3.59. The van der Waals surface area contributed by atoms with Crippen LogP contribution >= 0.6 is 11.8 Å². The summed E-state index contributed by atoms with van der Waals surface area (Å²) >= 11 is 1.30. The minimum Gasteiger partial charge on any atom is -0.298 e. The van der Waals surface area contributed by atoms with Crippen LogP contribution in [0.4, 0.5) is 0 Å². The van der Waals surface area contributed by atoms with E-state index in [1.807, 2.05) is 85.1 Å². The standard InChI is InChI=1S/C30H32N6O3S2/c1-3-34(4-2)41(38,39)26-17-11-16-25(20-26)29-31-32-30(35(29)21-23-12-7-5-8-13-23)40-22-28(37)36-19-18-27(33-36)24-14-9-6-10-15-24/h5-17,20H,3-4,18-19,21-22H2,1-2H3. The summed E-state index contributed by atoms with van der Waals surface area (Å²) < 4.78 is 29.8. The summed E-state index contributed by atoms with van der Waals surface area (Å²) in [5, 5.41) is 15.5. The van der Waals surface area contributed by atoms with Crippen molar-refractivity contribution in [3.63, 3.8) is 0 Å². The molecule has 0 saturated heterocycles. The van der Waals surface area contributed by atoms with Gasteiger partial charge in [-0.15, -0.1) is 10.2 Å². The summed E-state index contributed by atoms with van der Waals surface area (Å²) in [6.45, 7) is 5.42. The molecular weight excluding hydrogens is 557 g/mol. The van der Waals surface area contributed by atoms with Gasteiger partial charge in [0, 0.05) is 25.1 Å². The largest absolute Gasteiger partial charge is 0.298 e. The summed E-state index contributed by atoms with van der Waals surface area (Å²) in [7, 11) is -3.64. The molecule has 0 bridgehead atoms. The second-order valence-corrected chi connectivity index (χ2v) is 12.3. The summed E-state index contributed by atoms with van der Waals surface area (Å²) in [6.07, 6.45) is 0.710. The van der Waals surface area contributed by atoms with Gasteiger partial charge in [0.05, 0.1) is 29.4 Å². The minimum atomic E-state index is -3.64. The Kier molecular flexibility index (Phi) is 8.96. The van der Waals surface area contributed by atoms with Crippen molar-refractivity contribution in [2.75, 3.05) is 25.4 Å². The van der Waals surface area contributed by atoms with Gasteiger partial charge in [-0.3, -0.25) is 9.36 Å². The lowest BCUT2D eigenvalue weighted by molar-refractivity contribution is -0.127. The van der Waals surface area contributed by atoms with Crippen LogP contribution in [0.3, 0.4) is 0 Å². The minimum absolute atomic E-state index is 0.107. The van der Waals surface area contributed by atoms with E-state index in [-0.39, 0.29) is 16.6 Å². The second-order valence-electron chi connectivity index (χ2n) is 9.46. The predicted octanol–water partition coefficient (Wildman–Crippen LogP) is 4.75. The van der Waals surface area contributed by atoms with Gasteiger partial charge < -0.3 is 0 Å². The first-order valence-electron chi connectivity index (χ1n) is 13.5. The fraction of sp³-hybridized carbons (Fsp3) is 0.267. The van der Waals surface area contributed by atoms with Crippen molar-refractivity contribution in [3.05, 3.63) is 96.1 Å². The Bertz CT molecular complexity index is 1640. The average molecular weight is 589 g/mol. The SMILES string of the molecule is CCN(CC)S(=O)(=O)c1cccc(-c2nnc(SCC(=O)N3CCC(c4ccccc4)=N3)n2Cc2ccccc2)c1. The molecule has 212 valence electrons. The van der Waals surface area contributed by atoms with Gasteiger partial charge in [0.25, 0.3) is 5.91 Å². The molecule has 3 aromatic carbocycles. The van der Waals surface area contributed by atoms with Crippen LogP contribution in [0, 0.1) is 0 Å². The zero-order valence-electron chi connectivity index (χ0n) is 23.1. The van der Waals surface area contributed by atoms with Crippen LogP contribution in [0.25, 0.3) is 11.4 Å². The fourth-order valence-corrected chi connectivity index (χ4v) is 7.01. The molecule has 1 aliphatic heterocycles. The van der Waals surface area contributed by atoms with Crippen molar-refractivity contribution in [2.24, 2.45) is 5.10 Å². The van der Waals surface area contributed by atoms with Gasteiger partial charge in [0.1, 0.15) is 0 Å². The number of carbonyl (C=O) groups is 1.